The van der Waals surface area contributed by atoms with Gasteiger partial charge in [0.25, 0.3) is 0 Å². The molecular formula is C9H16N2. The normalized spacial score (nSPS) is 22.5. The van der Waals surface area contributed by atoms with Crippen LogP contribution in [-0.4, -0.2) is 12.1 Å². The average molecular weight is 152 g/mol. The zero-order chi connectivity index (χ0) is 8.16. The third kappa shape index (κ3) is 1.94. The Kier molecular flexibility index (Phi) is 2.90. The van der Waals surface area contributed by atoms with Crippen molar-refractivity contribution in [1.82, 2.24) is 5.32 Å². The van der Waals surface area contributed by atoms with Gasteiger partial charge in [0.1, 0.15) is 5.54 Å². The van der Waals surface area contributed by atoms with E-state index in [1.165, 1.54) is 19.3 Å². The highest BCUT2D eigenvalue weighted by atomic mass is 15.0. The van der Waals surface area contributed by atoms with E-state index < -0.39 is 0 Å². The van der Waals surface area contributed by atoms with Crippen molar-refractivity contribution >= 4 is 0 Å². The fourth-order valence-electron chi connectivity index (χ4n) is 1.82. The first-order chi connectivity index (χ1) is 5.33. The van der Waals surface area contributed by atoms with Crippen LogP contribution in [0.15, 0.2) is 0 Å². The van der Waals surface area contributed by atoms with Crippen LogP contribution in [0.1, 0.15) is 39.0 Å². The Balaban J connectivity index is 2.51. The summed E-state index contributed by atoms with van der Waals surface area (Å²) in [6.07, 6.45) is 5.80. The minimum absolute atomic E-state index is 0.174. The van der Waals surface area contributed by atoms with Crippen LogP contribution in [-0.2, 0) is 0 Å². The quantitative estimate of drug-likeness (QED) is 0.655. The molecule has 0 radical (unpaired) electrons. The Hall–Kier alpha value is -0.550. The molecule has 0 atom stereocenters. The van der Waals surface area contributed by atoms with E-state index in [-0.39, 0.29) is 5.54 Å². The SMILES string of the molecule is CCNC1(C#N)CCCCC1. The fraction of sp³-hybridized carbons (Fsp3) is 0.889. The van der Waals surface area contributed by atoms with Crippen LogP contribution in [0.2, 0.25) is 0 Å². The van der Waals surface area contributed by atoms with Gasteiger partial charge in [0, 0.05) is 0 Å². The van der Waals surface area contributed by atoms with Gasteiger partial charge in [-0.25, -0.2) is 0 Å². The van der Waals surface area contributed by atoms with E-state index in [9.17, 15) is 0 Å². The summed E-state index contributed by atoms with van der Waals surface area (Å²) in [5, 5.41) is 12.2. The van der Waals surface area contributed by atoms with E-state index in [1.807, 2.05) is 0 Å². The molecule has 0 heterocycles. The van der Waals surface area contributed by atoms with E-state index >= 15 is 0 Å². The van der Waals surface area contributed by atoms with Gasteiger partial charge < -0.3 is 0 Å². The predicted molar refractivity (Wildman–Crippen MR) is 45.1 cm³/mol. The highest BCUT2D eigenvalue weighted by molar-refractivity contribution is 5.07. The molecule has 1 aliphatic carbocycles. The van der Waals surface area contributed by atoms with Crippen LogP contribution < -0.4 is 5.32 Å². The standard InChI is InChI=1S/C9H16N2/c1-2-11-9(8-10)6-4-3-5-7-9/h11H,2-7H2,1H3. The van der Waals surface area contributed by atoms with Gasteiger partial charge in [-0.3, -0.25) is 5.32 Å². The molecule has 2 nitrogen and oxygen atoms in total. The van der Waals surface area contributed by atoms with E-state index in [2.05, 4.69) is 18.3 Å². The molecule has 0 bridgehead atoms. The topological polar surface area (TPSA) is 35.8 Å². The van der Waals surface area contributed by atoms with Crippen molar-refractivity contribution < 1.29 is 0 Å². The number of nitrogens with zero attached hydrogens (tertiary/aromatic N) is 1. The lowest BCUT2D eigenvalue weighted by Gasteiger charge is -2.31. The zero-order valence-corrected chi connectivity index (χ0v) is 7.19. The van der Waals surface area contributed by atoms with Crippen LogP contribution >= 0.6 is 0 Å². The molecule has 1 N–H and O–H groups in total. The van der Waals surface area contributed by atoms with Gasteiger partial charge in [0.2, 0.25) is 0 Å². The van der Waals surface area contributed by atoms with Gasteiger partial charge in [-0.2, -0.15) is 5.26 Å². The number of nitrogens with one attached hydrogen (secondary N) is 1. The third-order valence-electron chi connectivity index (χ3n) is 2.44. The van der Waals surface area contributed by atoms with Crippen molar-refractivity contribution in [1.29, 1.82) is 5.26 Å². The second kappa shape index (κ2) is 3.73. The Morgan fingerprint density at radius 1 is 1.36 bits per heavy atom. The first-order valence-corrected chi connectivity index (χ1v) is 4.49. The molecule has 0 aromatic carbocycles. The lowest BCUT2D eigenvalue weighted by molar-refractivity contribution is 0.303. The van der Waals surface area contributed by atoms with E-state index in [0.717, 1.165) is 19.4 Å². The number of hydrogen-bond donors (Lipinski definition) is 1. The predicted octanol–water partition coefficient (Wildman–Crippen LogP) is 1.82. The molecule has 62 valence electrons. The molecule has 1 saturated carbocycles. The highest BCUT2D eigenvalue weighted by Gasteiger charge is 2.30. The van der Waals surface area contributed by atoms with Crippen LogP contribution in [0.5, 0.6) is 0 Å². The molecule has 11 heavy (non-hydrogen) atoms. The van der Waals surface area contributed by atoms with Gasteiger partial charge in [0.05, 0.1) is 6.07 Å². The molecular weight excluding hydrogens is 136 g/mol. The molecule has 0 amide bonds. The maximum atomic E-state index is 8.96. The smallest absolute Gasteiger partial charge is 0.106 e. The lowest BCUT2D eigenvalue weighted by Crippen LogP contribution is -2.45. The summed E-state index contributed by atoms with van der Waals surface area (Å²) in [7, 11) is 0. The van der Waals surface area contributed by atoms with Crippen molar-refractivity contribution in [3.8, 4) is 6.07 Å². The molecule has 0 aliphatic heterocycles. The maximum absolute atomic E-state index is 8.96. The summed E-state index contributed by atoms with van der Waals surface area (Å²) in [6.45, 7) is 2.97. The zero-order valence-electron chi connectivity index (χ0n) is 7.19. The Morgan fingerprint density at radius 3 is 2.45 bits per heavy atom. The lowest BCUT2D eigenvalue weighted by atomic mass is 9.83. The number of rotatable bonds is 2. The Labute approximate surface area is 68.6 Å². The maximum Gasteiger partial charge on any atom is 0.106 e. The molecule has 1 fully saturated rings. The summed E-state index contributed by atoms with van der Waals surface area (Å²) in [5.74, 6) is 0. The summed E-state index contributed by atoms with van der Waals surface area (Å²) in [4.78, 5) is 0. The Morgan fingerprint density at radius 2 is 2.00 bits per heavy atom. The van der Waals surface area contributed by atoms with Crippen molar-refractivity contribution in [2.45, 2.75) is 44.6 Å². The fourth-order valence-corrected chi connectivity index (χ4v) is 1.82. The number of nitriles is 1. The molecule has 0 saturated heterocycles. The molecule has 2 heteroatoms. The van der Waals surface area contributed by atoms with Crippen molar-refractivity contribution in [3.05, 3.63) is 0 Å². The van der Waals surface area contributed by atoms with Gasteiger partial charge in [-0.1, -0.05) is 26.2 Å². The largest absolute Gasteiger partial charge is 0.300 e. The van der Waals surface area contributed by atoms with Crippen molar-refractivity contribution in [2.75, 3.05) is 6.54 Å². The first kappa shape index (κ1) is 8.55. The summed E-state index contributed by atoms with van der Waals surface area (Å²) >= 11 is 0. The van der Waals surface area contributed by atoms with E-state index in [0.29, 0.717) is 0 Å². The molecule has 1 rings (SSSR count). The first-order valence-electron chi connectivity index (χ1n) is 4.49. The molecule has 1 aliphatic rings. The molecule has 0 unspecified atom stereocenters. The van der Waals surface area contributed by atoms with Crippen LogP contribution in [0.3, 0.4) is 0 Å². The van der Waals surface area contributed by atoms with E-state index in [4.69, 9.17) is 5.26 Å². The van der Waals surface area contributed by atoms with Crippen LogP contribution in [0.25, 0.3) is 0 Å². The van der Waals surface area contributed by atoms with Gasteiger partial charge in [0.15, 0.2) is 0 Å². The monoisotopic (exact) mass is 152 g/mol. The van der Waals surface area contributed by atoms with E-state index in [1.54, 1.807) is 0 Å². The van der Waals surface area contributed by atoms with Crippen molar-refractivity contribution in [2.24, 2.45) is 0 Å². The third-order valence-corrected chi connectivity index (χ3v) is 2.44. The minimum atomic E-state index is -0.174. The number of hydrogen-bond acceptors (Lipinski definition) is 2. The molecule has 0 spiro atoms. The second-order valence-electron chi connectivity index (χ2n) is 3.28. The van der Waals surface area contributed by atoms with Gasteiger partial charge >= 0.3 is 0 Å². The van der Waals surface area contributed by atoms with Gasteiger partial charge in [-0.05, 0) is 19.4 Å². The van der Waals surface area contributed by atoms with Crippen molar-refractivity contribution in [3.63, 3.8) is 0 Å². The highest BCUT2D eigenvalue weighted by Crippen LogP contribution is 2.27. The van der Waals surface area contributed by atoms with Gasteiger partial charge in [-0.15, -0.1) is 0 Å². The molecule has 0 aromatic heterocycles. The summed E-state index contributed by atoms with van der Waals surface area (Å²) < 4.78 is 0. The van der Waals surface area contributed by atoms with Crippen LogP contribution in [0.4, 0.5) is 0 Å². The van der Waals surface area contributed by atoms with Crippen LogP contribution in [0, 0.1) is 11.3 Å². The molecule has 0 aromatic rings. The summed E-state index contributed by atoms with van der Waals surface area (Å²) in [5.41, 5.74) is -0.174. The average Bonchev–Trinajstić information content (AvgIpc) is 2.07. The Bertz CT molecular complexity index is 146. The second-order valence-corrected chi connectivity index (χ2v) is 3.28. The summed E-state index contributed by atoms with van der Waals surface area (Å²) in [6, 6.07) is 2.41. The minimum Gasteiger partial charge on any atom is -0.300 e.